The van der Waals surface area contributed by atoms with Gasteiger partial charge in [0.15, 0.2) is 12.1 Å². The average molecular weight is 406 g/mol. The first-order valence-corrected chi connectivity index (χ1v) is 11.8. The summed E-state index contributed by atoms with van der Waals surface area (Å²) in [6.07, 6.45) is 7.54. The maximum atomic E-state index is 11.2. The summed E-state index contributed by atoms with van der Waals surface area (Å²) in [5.74, 6) is 0.453. The quantitative estimate of drug-likeness (QED) is 0.647. The molecule has 0 radical (unpaired) electrons. The fraction of sp³-hybridized carbons (Fsp3) is 0.957. The van der Waals surface area contributed by atoms with E-state index < -0.39 is 11.2 Å². The highest BCUT2D eigenvalue weighted by Crippen LogP contribution is 2.70. The van der Waals surface area contributed by atoms with Gasteiger partial charge >= 0.3 is 0 Å². The van der Waals surface area contributed by atoms with Crippen molar-refractivity contribution in [1.29, 1.82) is 5.41 Å². The lowest BCUT2D eigenvalue weighted by Crippen LogP contribution is -2.64. The zero-order valence-corrected chi connectivity index (χ0v) is 17.5. The topological polar surface area (TPSA) is 81.0 Å². The minimum Gasteiger partial charge on any atom is -0.393 e. The van der Waals surface area contributed by atoms with Crippen molar-refractivity contribution in [2.24, 2.45) is 34.5 Å². The van der Waals surface area contributed by atoms with Crippen molar-refractivity contribution >= 4 is 5.71 Å². The maximum absolute atomic E-state index is 11.2. The summed E-state index contributed by atoms with van der Waals surface area (Å²) in [6, 6.07) is 0. The van der Waals surface area contributed by atoms with Crippen LogP contribution >= 0.6 is 0 Å². The molecule has 0 amide bonds. The van der Waals surface area contributed by atoms with E-state index in [2.05, 4.69) is 6.92 Å². The van der Waals surface area contributed by atoms with Crippen LogP contribution < -0.4 is 0 Å². The molecule has 6 rings (SSSR count). The number of ether oxygens (including phenoxy) is 4. The highest BCUT2D eigenvalue weighted by molar-refractivity contribution is 5.89. The van der Waals surface area contributed by atoms with E-state index in [0.717, 1.165) is 31.4 Å². The summed E-state index contributed by atoms with van der Waals surface area (Å²) in [5.41, 5.74) is 0.443. The zero-order valence-electron chi connectivity index (χ0n) is 17.5. The molecule has 2 heterocycles. The first-order chi connectivity index (χ1) is 14.0. The second kappa shape index (κ2) is 6.49. The zero-order chi connectivity index (χ0) is 19.9. The molecule has 4 saturated carbocycles. The fourth-order valence-corrected chi connectivity index (χ4v) is 8.87. The fourth-order valence-electron chi connectivity index (χ4n) is 8.87. The number of aliphatic hydroxyl groups excluding tert-OH is 1. The molecule has 7 atom stereocenters. The number of fused-ring (bicyclic) bond motifs is 4. The Morgan fingerprint density at radius 3 is 2.48 bits per heavy atom. The second-order valence-electron chi connectivity index (χ2n) is 10.7. The van der Waals surface area contributed by atoms with Crippen molar-refractivity contribution < 1.29 is 24.1 Å². The molecule has 2 saturated heterocycles. The molecule has 6 fully saturated rings. The largest absolute Gasteiger partial charge is 0.393 e. The molecule has 2 bridgehead atoms. The molecule has 6 heteroatoms. The molecule has 0 aromatic carbocycles. The Balaban J connectivity index is 1.46. The van der Waals surface area contributed by atoms with E-state index in [9.17, 15) is 5.11 Å². The lowest BCUT2D eigenvalue weighted by Gasteiger charge is -2.62. The molecule has 6 aliphatic rings. The predicted molar refractivity (Wildman–Crippen MR) is 105 cm³/mol. The molecule has 0 aromatic heterocycles. The Labute approximate surface area is 173 Å². The van der Waals surface area contributed by atoms with E-state index in [0.29, 0.717) is 44.7 Å². The molecule has 4 aliphatic carbocycles. The van der Waals surface area contributed by atoms with E-state index in [-0.39, 0.29) is 29.6 Å². The predicted octanol–water partition coefficient (Wildman–Crippen LogP) is 3.12. The lowest BCUT2D eigenvalue weighted by molar-refractivity contribution is -0.320. The summed E-state index contributed by atoms with van der Waals surface area (Å²) in [7, 11) is 0. The average Bonchev–Trinajstić information content (AvgIpc) is 2.78. The van der Waals surface area contributed by atoms with Crippen LogP contribution in [0, 0.1) is 39.9 Å². The number of aliphatic hydroxyl groups is 1. The van der Waals surface area contributed by atoms with E-state index in [1.807, 2.05) is 0 Å². The third-order valence-corrected chi connectivity index (χ3v) is 9.83. The summed E-state index contributed by atoms with van der Waals surface area (Å²) >= 11 is 0. The first kappa shape index (κ1) is 19.2. The third-order valence-electron chi connectivity index (χ3n) is 9.83. The Hall–Kier alpha value is -0.530. The standard InChI is InChI=1S/C23H35NO5/c1-21-6-3-2-4-16(21)18(25)12-14-15(21)5-7-22-19(14)17(24)13-23(22)28-10-8-26-20(22)27-9-11-29-23/h14-16,18-20,24-25H,2-13H2,1H3/t14-,15+,16-,18?,19-,20?,21-,22+,23?/m1/s1. The van der Waals surface area contributed by atoms with E-state index in [1.54, 1.807) is 0 Å². The molecule has 2 aliphatic heterocycles. The minimum absolute atomic E-state index is 0.0109. The highest BCUT2D eigenvalue weighted by Gasteiger charge is 2.75. The van der Waals surface area contributed by atoms with Crippen molar-refractivity contribution in [3.8, 4) is 0 Å². The van der Waals surface area contributed by atoms with Gasteiger partial charge in [-0.05, 0) is 55.3 Å². The van der Waals surface area contributed by atoms with Crippen LogP contribution in [0.4, 0.5) is 0 Å². The van der Waals surface area contributed by atoms with Crippen molar-refractivity contribution in [2.45, 2.75) is 76.5 Å². The van der Waals surface area contributed by atoms with Crippen LogP contribution in [0.3, 0.4) is 0 Å². The van der Waals surface area contributed by atoms with Crippen LogP contribution in [0.25, 0.3) is 0 Å². The van der Waals surface area contributed by atoms with Gasteiger partial charge in [-0.2, -0.15) is 0 Å². The SMILES string of the molecule is C[C@]12CCCC[C@@H]1C(O)C[C@@H]1[C@@H]2CC[C@]23C4OCCOC2(CC(=N)[C@@H]13)OCCO4. The van der Waals surface area contributed by atoms with Gasteiger partial charge in [-0.1, -0.05) is 19.8 Å². The monoisotopic (exact) mass is 405 g/mol. The molecule has 0 aromatic rings. The van der Waals surface area contributed by atoms with E-state index in [4.69, 9.17) is 24.4 Å². The van der Waals surface area contributed by atoms with Crippen molar-refractivity contribution in [2.75, 3.05) is 26.4 Å². The third kappa shape index (κ3) is 2.33. The molecule has 1 spiro atoms. The lowest BCUT2D eigenvalue weighted by atomic mass is 9.44. The molecule has 1 unspecified atom stereocenters. The van der Waals surface area contributed by atoms with E-state index >= 15 is 0 Å². The highest BCUT2D eigenvalue weighted by atomic mass is 16.8. The smallest absolute Gasteiger partial charge is 0.184 e. The van der Waals surface area contributed by atoms with Gasteiger partial charge in [0, 0.05) is 18.1 Å². The summed E-state index contributed by atoms with van der Waals surface area (Å²) in [5, 5.41) is 20.3. The van der Waals surface area contributed by atoms with Crippen LogP contribution in [-0.4, -0.2) is 55.4 Å². The van der Waals surface area contributed by atoms with Gasteiger partial charge in [-0.15, -0.1) is 0 Å². The van der Waals surface area contributed by atoms with Crippen molar-refractivity contribution in [3.63, 3.8) is 0 Å². The minimum atomic E-state index is -0.799. The Kier molecular flexibility index (Phi) is 4.29. The Morgan fingerprint density at radius 2 is 1.72 bits per heavy atom. The number of hydrogen-bond acceptors (Lipinski definition) is 6. The maximum Gasteiger partial charge on any atom is 0.184 e. The van der Waals surface area contributed by atoms with Crippen LogP contribution in [0.15, 0.2) is 0 Å². The van der Waals surface area contributed by atoms with Gasteiger partial charge in [0.2, 0.25) is 0 Å². The summed E-state index contributed by atoms with van der Waals surface area (Å²) in [6.45, 7) is 4.42. The second-order valence-corrected chi connectivity index (χ2v) is 10.7. The van der Waals surface area contributed by atoms with Crippen LogP contribution in [0.1, 0.15) is 58.3 Å². The van der Waals surface area contributed by atoms with E-state index in [1.165, 1.54) is 19.3 Å². The number of hydrogen-bond donors (Lipinski definition) is 2. The first-order valence-electron chi connectivity index (χ1n) is 11.8. The molecule has 162 valence electrons. The number of nitrogens with one attached hydrogen (secondary N) is 1. The normalized spacial score (nSPS) is 57.0. The van der Waals surface area contributed by atoms with Crippen LogP contribution in [-0.2, 0) is 18.9 Å². The summed E-state index contributed by atoms with van der Waals surface area (Å²) in [4.78, 5) is 0. The molecular weight excluding hydrogens is 370 g/mol. The summed E-state index contributed by atoms with van der Waals surface area (Å²) < 4.78 is 25.3. The van der Waals surface area contributed by atoms with Crippen molar-refractivity contribution in [3.05, 3.63) is 0 Å². The van der Waals surface area contributed by atoms with Crippen molar-refractivity contribution in [1.82, 2.24) is 0 Å². The van der Waals surface area contributed by atoms with Crippen LogP contribution in [0.2, 0.25) is 0 Å². The van der Waals surface area contributed by atoms with Crippen LogP contribution in [0.5, 0.6) is 0 Å². The van der Waals surface area contributed by atoms with Gasteiger partial charge in [0.25, 0.3) is 0 Å². The van der Waals surface area contributed by atoms with Gasteiger partial charge in [0.1, 0.15) is 0 Å². The molecule has 6 nitrogen and oxygen atoms in total. The Morgan fingerprint density at radius 1 is 0.966 bits per heavy atom. The Bertz CT molecular complexity index is 687. The molecule has 2 N–H and O–H groups in total. The molecule has 29 heavy (non-hydrogen) atoms. The van der Waals surface area contributed by atoms with Gasteiger partial charge in [0.05, 0.1) is 37.9 Å². The van der Waals surface area contributed by atoms with Gasteiger partial charge < -0.3 is 29.5 Å². The molecular formula is C23H35NO5. The van der Waals surface area contributed by atoms with Gasteiger partial charge in [-0.3, -0.25) is 0 Å². The van der Waals surface area contributed by atoms with Gasteiger partial charge in [-0.25, -0.2) is 0 Å². The number of rotatable bonds is 0.